The molecule has 9 heteroatoms. The van der Waals surface area contributed by atoms with Crippen LogP contribution in [0.2, 0.25) is 0 Å². The zero-order valence-corrected chi connectivity index (χ0v) is 20.4. The van der Waals surface area contributed by atoms with Crippen molar-refractivity contribution in [2.45, 2.75) is 39.5 Å². The number of aryl methyl sites for hydroxylation is 3. The summed E-state index contributed by atoms with van der Waals surface area (Å²) in [5.41, 5.74) is 3.43. The zero-order chi connectivity index (χ0) is 25.2. The summed E-state index contributed by atoms with van der Waals surface area (Å²) in [5, 5.41) is 0. The van der Waals surface area contributed by atoms with Crippen molar-refractivity contribution >= 4 is 33.2 Å². The Morgan fingerprint density at radius 3 is 2.32 bits per heavy atom. The molecule has 1 heterocycles. The fourth-order valence-electron chi connectivity index (χ4n) is 3.78. The highest BCUT2D eigenvalue weighted by molar-refractivity contribution is 7.92. The van der Waals surface area contributed by atoms with Crippen LogP contribution in [0.5, 0.6) is 0 Å². The number of aromatic nitrogens is 1. The average Bonchev–Trinajstić information content (AvgIpc) is 3.05. The number of H-pyrrole nitrogens is 1. The van der Waals surface area contributed by atoms with Crippen LogP contribution >= 0.6 is 0 Å². The quantitative estimate of drug-likeness (QED) is 0.365. The van der Waals surface area contributed by atoms with Gasteiger partial charge in [0.05, 0.1) is 16.2 Å². The predicted octanol–water partition coefficient (Wildman–Crippen LogP) is 4.29. The van der Waals surface area contributed by atoms with E-state index in [9.17, 15) is 22.8 Å². The van der Waals surface area contributed by atoms with Crippen molar-refractivity contribution in [1.29, 1.82) is 0 Å². The van der Waals surface area contributed by atoms with Crippen LogP contribution in [0.4, 0.5) is 5.69 Å². The van der Waals surface area contributed by atoms with Crippen LogP contribution < -0.4 is 4.72 Å². The molecular weight excluding hydrogens is 456 g/mol. The number of carbonyl (C=O) groups excluding carboxylic acids is 3. The van der Waals surface area contributed by atoms with Crippen molar-refractivity contribution in [3.63, 3.8) is 0 Å². The SMILES string of the molecule is CC(=O)c1c(C)[nH]c(C(=O)COC(=O)c2ccc(C)c(S(=O)(=O)Nc3cccc(C)c3)c2)c1C. The van der Waals surface area contributed by atoms with Gasteiger partial charge in [-0.2, -0.15) is 0 Å². The number of anilines is 1. The molecule has 0 fully saturated rings. The van der Waals surface area contributed by atoms with E-state index in [1.807, 2.05) is 13.0 Å². The molecule has 0 radical (unpaired) electrons. The van der Waals surface area contributed by atoms with Crippen LogP contribution in [0.1, 0.15) is 60.5 Å². The number of nitrogens with one attached hydrogen (secondary N) is 2. The third kappa shape index (κ3) is 5.26. The normalized spacial score (nSPS) is 11.2. The molecule has 0 aliphatic heterocycles. The smallest absolute Gasteiger partial charge is 0.338 e. The maximum absolute atomic E-state index is 12.9. The van der Waals surface area contributed by atoms with E-state index in [2.05, 4.69) is 9.71 Å². The molecule has 0 aliphatic carbocycles. The van der Waals surface area contributed by atoms with Crippen LogP contribution in [0.25, 0.3) is 0 Å². The van der Waals surface area contributed by atoms with Gasteiger partial charge in [0.15, 0.2) is 12.4 Å². The number of hydrogen-bond acceptors (Lipinski definition) is 6. The molecule has 0 saturated heterocycles. The molecule has 1 aromatic heterocycles. The number of ketones is 2. The number of benzene rings is 2. The lowest BCUT2D eigenvalue weighted by Crippen LogP contribution is -2.18. The highest BCUT2D eigenvalue weighted by Crippen LogP contribution is 2.22. The minimum Gasteiger partial charge on any atom is -0.454 e. The zero-order valence-electron chi connectivity index (χ0n) is 19.6. The van der Waals surface area contributed by atoms with Crippen molar-refractivity contribution in [2.24, 2.45) is 0 Å². The van der Waals surface area contributed by atoms with Crippen LogP contribution in [0, 0.1) is 27.7 Å². The van der Waals surface area contributed by atoms with Crippen LogP contribution in [0.15, 0.2) is 47.4 Å². The molecular formula is C25H26N2O6S. The number of carbonyl (C=O) groups is 3. The second-order valence-corrected chi connectivity index (χ2v) is 9.79. The maximum Gasteiger partial charge on any atom is 0.338 e. The van der Waals surface area contributed by atoms with Gasteiger partial charge in [-0.05, 0) is 75.6 Å². The van der Waals surface area contributed by atoms with Gasteiger partial charge in [-0.1, -0.05) is 18.2 Å². The first kappa shape index (κ1) is 24.9. The summed E-state index contributed by atoms with van der Waals surface area (Å²) >= 11 is 0. The summed E-state index contributed by atoms with van der Waals surface area (Å²) in [6.07, 6.45) is 0. The Hall–Kier alpha value is -3.72. The molecule has 34 heavy (non-hydrogen) atoms. The Bertz CT molecular complexity index is 1400. The number of ether oxygens (including phenoxy) is 1. The second kappa shape index (κ2) is 9.64. The van der Waals surface area contributed by atoms with Crippen molar-refractivity contribution in [3.8, 4) is 0 Å². The third-order valence-electron chi connectivity index (χ3n) is 5.39. The molecule has 0 amide bonds. The second-order valence-electron chi connectivity index (χ2n) is 8.14. The Morgan fingerprint density at radius 1 is 1.00 bits per heavy atom. The summed E-state index contributed by atoms with van der Waals surface area (Å²) in [6.45, 7) is 7.65. The lowest BCUT2D eigenvalue weighted by molar-refractivity contribution is 0.0473. The average molecular weight is 483 g/mol. The van der Waals surface area contributed by atoms with Crippen molar-refractivity contribution < 1.29 is 27.5 Å². The molecule has 3 rings (SSSR count). The van der Waals surface area contributed by atoms with Gasteiger partial charge in [-0.3, -0.25) is 14.3 Å². The number of Topliss-reactive ketones (excluding diaryl/α,β-unsaturated/α-hetero) is 2. The Balaban J connectivity index is 1.78. The molecule has 178 valence electrons. The largest absolute Gasteiger partial charge is 0.454 e. The summed E-state index contributed by atoms with van der Waals surface area (Å²) in [7, 11) is -3.97. The van der Waals surface area contributed by atoms with Crippen molar-refractivity contribution in [1.82, 2.24) is 4.98 Å². The summed E-state index contributed by atoms with van der Waals surface area (Å²) in [4.78, 5) is 39.7. The number of rotatable bonds is 8. The molecule has 2 aromatic carbocycles. The van der Waals surface area contributed by atoms with E-state index in [1.54, 1.807) is 39.0 Å². The van der Waals surface area contributed by atoms with E-state index in [-0.39, 0.29) is 21.9 Å². The topological polar surface area (TPSA) is 122 Å². The summed E-state index contributed by atoms with van der Waals surface area (Å²) in [5.74, 6) is -1.51. The first-order valence-corrected chi connectivity index (χ1v) is 12.0. The van der Waals surface area contributed by atoms with Gasteiger partial charge in [-0.15, -0.1) is 0 Å². The minimum absolute atomic E-state index is 0.00756. The monoisotopic (exact) mass is 482 g/mol. The van der Waals surface area contributed by atoms with Crippen LogP contribution in [-0.2, 0) is 14.8 Å². The number of esters is 1. The first-order valence-electron chi connectivity index (χ1n) is 10.5. The van der Waals surface area contributed by atoms with Crippen molar-refractivity contribution in [3.05, 3.63) is 81.7 Å². The van der Waals surface area contributed by atoms with Crippen LogP contribution in [-0.4, -0.2) is 37.5 Å². The van der Waals surface area contributed by atoms with Crippen LogP contribution in [0.3, 0.4) is 0 Å². The van der Waals surface area contributed by atoms with Gasteiger partial charge in [0.25, 0.3) is 10.0 Å². The van der Waals surface area contributed by atoms with E-state index in [0.717, 1.165) is 5.56 Å². The highest BCUT2D eigenvalue weighted by atomic mass is 32.2. The molecule has 2 N–H and O–H groups in total. The standard InChI is InChI=1S/C25H26N2O6S/c1-14-7-6-8-20(11-14)27-34(31,32)22-12-19(10-9-15(22)2)25(30)33-13-21(29)24-16(3)23(18(5)28)17(4)26-24/h6-12,26-27H,13H2,1-5H3. The highest BCUT2D eigenvalue weighted by Gasteiger charge is 2.23. The summed E-state index contributed by atoms with van der Waals surface area (Å²) in [6, 6.07) is 11.1. The lowest BCUT2D eigenvalue weighted by Gasteiger charge is -2.12. The molecule has 3 aromatic rings. The lowest BCUT2D eigenvalue weighted by atomic mass is 10.1. The van der Waals surface area contributed by atoms with E-state index in [4.69, 9.17) is 4.74 Å². The van der Waals surface area contributed by atoms with Gasteiger partial charge >= 0.3 is 5.97 Å². The Kier molecular flexibility index (Phi) is 7.07. The Labute approximate surface area is 198 Å². The predicted molar refractivity (Wildman–Crippen MR) is 128 cm³/mol. The maximum atomic E-state index is 12.9. The van der Waals surface area contributed by atoms with E-state index >= 15 is 0 Å². The number of sulfonamides is 1. The van der Waals surface area contributed by atoms with Gasteiger partial charge in [0, 0.05) is 16.9 Å². The fourth-order valence-corrected chi connectivity index (χ4v) is 5.10. The first-order chi connectivity index (χ1) is 15.9. The van der Waals surface area contributed by atoms with Gasteiger partial charge in [0.1, 0.15) is 0 Å². The van der Waals surface area contributed by atoms with Gasteiger partial charge in [-0.25, -0.2) is 13.2 Å². The molecule has 0 spiro atoms. The Morgan fingerprint density at radius 2 is 1.71 bits per heavy atom. The fraction of sp³-hybridized carbons (Fsp3) is 0.240. The van der Waals surface area contributed by atoms with Gasteiger partial charge in [0.2, 0.25) is 5.78 Å². The van der Waals surface area contributed by atoms with E-state index in [0.29, 0.717) is 28.1 Å². The molecule has 0 atom stereocenters. The molecule has 8 nitrogen and oxygen atoms in total. The summed E-state index contributed by atoms with van der Waals surface area (Å²) < 4.78 is 33.5. The number of hydrogen-bond donors (Lipinski definition) is 2. The molecule has 0 unspecified atom stereocenters. The molecule has 0 bridgehead atoms. The van der Waals surface area contributed by atoms with E-state index in [1.165, 1.54) is 25.1 Å². The van der Waals surface area contributed by atoms with Crippen molar-refractivity contribution in [2.75, 3.05) is 11.3 Å². The molecule has 0 aliphatic rings. The van der Waals surface area contributed by atoms with E-state index < -0.39 is 28.4 Å². The third-order valence-corrected chi connectivity index (χ3v) is 6.91. The minimum atomic E-state index is -3.97. The molecule has 0 saturated carbocycles. The van der Waals surface area contributed by atoms with Gasteiger partial charge < -0.3 is 9.72 Å². The number of aromatic amines is 1.